The number of aromatic nitrogens is 2. The Balaban J connectivity index is 1.47. The molecule has 7 nitrogen and oxygen atoms in total. The zero-order valence-electron chi connectivity index (χ0n) is 20.9. The van der Waals surface area contributed by atoms with E-state index < -0.39 is 18.1 Å². The third kappa shape index (κ3) is 5.38. The van der Waals surface area contributed by atoms with Crippen LogP contribution < -0.4 is 0 Å². The highest BCUT2D eigenvalue weighted by Gasteiger charge is 2.42. The first kappa shape index (κ1) is 25.3. The Morgan fingerprint density at radius 3 is 2.49 bits per heavy atom. The van der Waals surface area contributed by atoms with Gasteiger partial charge < -0.3 is 14.5 Å². The second-order valence-electron chi connectivity index (χ2n) is 9.94. The Morgan fingerprint density at radius 1 is 1.20 bits per heavy atom. The second-order valence-corrected chi connectivity index (χ2v) is 10.8. The van der Waals surface area contributed by atoms with Gasteiger partial charge in [0.1, 0.15) is 5.76 Å². The summed E-state index contributed by atoms with van der Waals surface area (Å²) >= 11 is 1.61. The first-order chi connectivity index (χ1) is 16.7. The van der Waals surface area contributed by atoms with Crippen LogP contribution in [0.1, 0.15) is 68.2 Å². The van der Waals surface area contributed by atoms with Crippen LogP contribution in [0, 0.1) is 19.8 Å². The molecule has 0 spiro atoms. The number of nitrogens with zero attached hydrogens (tertiary/aromatic N) is 3. The van der Waals surface area contributed by atoms with Crippen LogP contribution in [-0.4, -0.2) is 50.5 Å². The fourth-order valence-electron chi connectivity index (χ4n) is 4.92. The van der Waals surface area contributed by atoms with Crippen LogP contribution in [0.2, 0.25) is 0 Å². The molecular formula is C27H33N3O4S. The molecule has 1 aliphatic heterocycles. The van der Waals surface area contributed by atoms with Crippen molar-refractivity contribution in [3.8, 4) is 10.4 Å². The Labute approximate surface area is 210 Å². The molecule has 1 aliphatic rings. The van der Waals surface area contributed by atoms with Gasteiger partial charge in [0.2, 0.25) is 5.91 Å². The Hall–Kier alpha value is -2.84. The number of β-amino-alcohol motifs (C(OH)–C–C–N with tert-alkyl or cyclic N) is 1. The lowest BCUT2D eigenvalue weighted by atomic mass is 9.89. The number of rotatable bonds is 8. The summed E-state index contributed by atoms with van der Waals surface area (Å²) < 4.78 is 5.20. The van der Waals surface area contributed by atoms with Crippen molar-refractivity contribution in [1.82, 2.24) is 15.0 Å². The normalized spacial score (nSPS) is 19.8. The lowest BCUT2D eigenvalue weighted by Crippen LogP contribution is -2.44. The van der Waals surface area contributed by atoms with Crippen LogP contribution in [0.5, 0.6) is 0 Å². The molecule has 1 N–H and O–H groups in total. The summed E-state index contributed by atoms with van der Waals surface area (Å²) in [6.07, 6.45) is -0.143. The van der Waals surface area contributed by atoms with Crippen LogP contribution in [-0.2, 0) is 9.59 Å². The fraction of sp³-hybridized carbons (Fsp3) is 0.481. The molecule has 3 aromatic rings. The van der Waals surface area contributed by atoms with Crippen LogP contribution in [0.25, 0.3) is 10.4 Å². The van der Waals surface area contributed by atoms with Gasteiger partial charge in [-0.05, 0) is 36.8 Å². The summed E-state index contributed by atoms with van der Waals surface area (Å²) in [6.45, 7) is 9.88. The predicted octanol–water partition coefficient (Wildman–Crippen LogP) is 4.88. The van der Waals surface area contributed by atoms with E-state index in [-0.39, 0.29) is 36.5 Å². The van der Waals surface area contributed by atoms with Gasteiger partial charge in [0, 0.05) is 25.5 Å². The Morgan fingerprint density at radius 2 is 1.91 bits per heavy atom. The largest absolute Gasteiger partial charge is 0.391 e. The summed E-state index contributed by atoms with van der Waals surface area (Å²) in [5, 5.41) is 14.4. The molecule has 0 aliphatic carbocycles. The highest BCUT2D eigenvalue weighted by Crippen LogP contribution is 2.33. The fourth-order valence-corrected chi connectivity index (χ4v) is 5.74. The van der Waals surface area contributed by atoms with Crippen molar-refractivity contribution < 1.29 is 19.2 Å². The van der Waals surface area contributed by atoms with E-state index in [2.05, 4.69) is 34.4 Å². The average molecular weight is 496 g/mol. The van der Waals surface area contributed by atoms with Gasteiger partial charge in [-0.1, -0.05) is 50.2 Å². The van der Waals surface area contributed by atoms with Crippen molar-refractivity contribution in [2.45, 2.75) is 71.4 Å². The maximum Gasteiger partial charge on any atom is 0.232 e. The lowest BCUT2D eigenvalue weighted by Gasteiger charge is -2.29. The monoisotopic (exact) mass is 495 g/mol. The standard InChI is InChI=1S/C27H33N3O4S/c1-15(2)25(22-11-17(4)34-29-22)27(33)30-13-21(31)12-23(30)24(32)10-16(3)19-6-8-20(9-7-19)26-18(5)28-14-35-26/h6-9,11,14-16,21,23,25,31H,10,12-13H2,1-5H3/t16-,21-,23+,25-/m1/s1. The number of aliphatic hydroxyl groups excluding tert-OH is 1. The number of aliphatic hydroxyl groups is 1. The molecule has 35 heavy (non-hydrogen) atoms. The van der Waals surface area contributed by atoms with E-state index in [1.165, 1.54) is 0 Å². The maximum absolute atomic E-state index is 13.6. The third-order valence-electron chi connectivity index (χ3n) is 6.83. The number of likely N-dealkylation sites (tertiary alicyclic amines) is 1. The number of Topliss-reactive ketones (excluding diaryl/α,β-unsaturated/α-hetero) is 1. The summed E-state index contributed by atoms with van der Waals surface area (Å²) in [4.78, 5) is 34.0. The van der Waals surface area contributed by atoms with Crippen LogP contribution in [0.15, 0.2) is 40.4 Å². The first-order valence-electron chi connectivity index (χ1n) is 12.1. The molecule has 0 radical (unpaired) electrons. The molecule has 3 heterocycles. The minimum atomic E-state index is -0.711. The highest BCUT2D eigenvalue weighted by atomic mass is 32.1. The highest BCUT2D eigenvalue weighted by molar-refractivity contribution is 7.13. The molecule has 0 saturated carbocycles. The first-order valence-corrected chi connectivity index (χ1v) is 13.0. The number of carbonyl (C=O) groups is 2. The van der Waals surface area contributed by atoms with Crippen molar-refractivity contribution in [1.29, 1.82) is 0 Å². The molecule has 2 aromatic heterocycles. The number of hydrogen-bond acceptors (Lipinski definition) is 7. The molecule has 0 bridgehead atoms. The number of carbonyl (C=O) groups excluding carboxylic acids is 2. The average Bonchev–Trinajstić information content (AvgIpc) is 3.53. The smallest absolute Gasteiger partial charge is 0.232 e. The number of amides is 1. The number of thiazole rings is 1. The van der Waals surface area contributed by atoms with E-state index in [4.69, 9.17) is 4.52 Å². The molecule has 1 fully saturated rings. The van der Waals surface area contributed by atoms with Gasteiger partial charge >= 0.3 is 0 Å². The summed E-state index contributed by atoms with van der Waals surface area (Å²) in [7, 11) is 0. The van der Waals surface area contributed by atoms with Gasteiger partial charge in [-0.15, -0.1) is 11.3 Å². The van der Waals surface area contributed by atoms with Crippen molar-refractivity contribution >= 4 is 23.0 Å². The predicted molar refractivity (Wildman–Crippen MR) is 135 cm³/mol. The number of aryl methyl sites for hydroxylation is 2. The molecule has 4 atom stereocenters. The van der Waals surface area contributed by atoms with E-state index in [0.717, 1.165) is 21.7 Å². The van der Waals surface area contributed by atoms with Gasteiger partial charge in [-0.3, -0.25) is 9.59 Å². The van der Waals surface area contributed by atoms with Crippen LogP contribution in [0.3, 0.4) is 0 Å². The van der Waals surface area contributed by atoms with Gasteiger partial charge in [0.25, 0.3) is 0 Å². The quantitative estimate of drug-likeness (QED) is 0.478. The summed E-state index contributed by atoms with van der Waals surface area (Å²) in [5.41, 5.74) is 5.61. The number of ketones is 1. The van der Waals surface area contributed by atoms with E-state index in [9.17, 15) is 14.7 Å². The van der Waals surface area contributed by atoms with E-state index in [0.29, 0.717) is 17.9 Å². The molecule has 1 aromatic carbocycles. The molecule has 186 valence electrons. The minimum absolute atomic E-state index is 0.00658. The summed E-state index contributed by atoms with van der Waals surface area (Å²) in [6, 6.07) is 9.39. The van der Waals surface area contributed by atoms with E-state index in [1.807, 2.05) is 33.2 Å². The van der Waals surface area contributed by atoms with Crippen LogP contribution >= 0.6 is 11.3 Å². The maximum atomic E-state index is 13.6. The lowest BCUT2D eigenvalue weighted by molar-refractivity contribution is -0.140. The SMILES string of the molecule is Cc1cc([C@H](C(=O)N2C[C@H](O)C[C@H]2C(=O)C[C@@H](C)c2ccc(-c3scnc3C)cc2)C(C)C)no1. The van der Waals surface area contributed by atoms with E-state index in [1.54, 1.807) is 29.2 Å². The molecule has 8 heteroatoms. The molecular weight excluding hydrogens is 462 g/mol. The van der Waals surface area contributed by atoms with Gasteiger partial charge in [0.15, 0.2) is 5.78 Å². The molecule has 1 amide bonds. The zero-order chi connectivity index (χ0) is 25.3. The minimum Gasteiger partial charge on any atom is -0.391 e. The van der Waals surface area contributed by atoms with Crippen molar-refractivity contribution in [2.75, 3.05) is 6.54 Å². The molecule has 0 unspecified atom stereocenters. The topological polar surface area (TPSA) is 96.5 Å². The van der Waals surface area contributed by atoms with Crippen molar-refractivity contribution in [2.24, 2.45) is 5.92 Å². The van der Waals surface area contributed by atoms with Gasteiger partial charge in [-0.2, -0.15) is 0 Å². The van der Waals surface area contributed by atoms with Gasteiger partial charge in [0.05, 0.1) is 39.8 Å². The van der Waals surface area contributed by atoms with E-state index >= 15 is 0 Å². The Kier molecular flexibility index (Phi) is 7.52. The molecule has 4 rings (SSSR count). The number of benzene rings is 1. The van der Waals surface area contributed by atoms with Gasteiger partial charge in [-0.25, -0.2) is 4.98 Å². The van der Waals surface area contributed by atoms with Crippen molar-refractivity contribution in [3.05, 3.63) is 58.6 Å². The number of hydrogen-bond donors (Lipinski definition) is 1. The van der Waals surface area contributed by atoms with Crippen LogP contribution in [0.4, 0.5) is 0 Å². The molecule has 1 saturated heterocycles. The zero-order valence-corrected chi connectivity index (χ0v) is 21.7. The summed E-state index contributed by atoms with van der Waals surface area (Å²) in [5.74, 6) is -0.122. The van der Waals surface area contributed by atoms with Crippen molar-refractivity contribution in [3.63, 3.8) is 0 Å². The Bertz CT molecular complexity index is 1180. The second kappa shape index (κ2) is 10.4. The third-order valence-corrected chi connectivity index (χ3v) is 7.80.